The van der Waals surface area contributed by atoms with E-state index in [1.54, 1.807) is 38.5 Å². The number of hydrazone groups is 1. The van der Waals surface area contributed by atoms with Crippen molar-refractivity contribution in [3.05, 3.63) is 55.8 Å². The van der Waals surface area contributed by atoms with Crippen LogP contribution in [-0.2, 0) is 0 Å². The third kappa shape index (κ3) is 4.01. The number of hydrogen-bond acceptors (Lipinski definition) is 5. The lowest BCUT2D eigenvalue weighted by molar-refractivity contribution is 0.0929. The summed E-state index contributed by atoms with van der Waals surface area (Å²) in [6, 6.07) is 10.8. The summed E-state index contributed by atoms with van der Waals surface area (Å²) in [7, 11) is 3.13. The third-order valence-electron chi connectivity index (χ3n) is 3.57. The molecule has 1 aromatic heterocycles. The summed E-state index contributed by atoms with van der Waals surface area (Å²) < 4.78 is 17.9. The van der Waals surface area contributed by atoms with Gasteiger partial charge in [-0.2, -0.15) is 5.10 Å². The van der Waals surface area contributed by atoms with E-state index in [2.05, 4.69) is 49.0 Å². The Morgan fingerprint density at radius 3 is 2.77 bits per heavy atom. The van der Waals surface area contributed by atoms with Gasteiger partial charge in [0.15, 0.2) is 5.76 Å². The monoisotopic (exact) mass is 528 g/mol. The molecular weight excluding hydrogens is 515 g/mol. The molecule has 0 aliphatic heterocycles. The van der Waals surface area contributed by atoms with Crippen LogP contribution in [0, 0.1) is 3.57 Å². The molecule has 0 fully saturated rings. The number of benzene rings is 2. The average molecular weight is 529 g/mol. The number of amides is 1. The fraction of sp³-hybridized carbons (Fsp3) is 0.111. The quantitative estimate of drug-likeness (QED) is 0.299. The second kappa shape index (κ2) is 8.09. The van der Waals surface area contributed by atoms with Crippen LogP contribution in [0.5, 0.6) is 11.5 Å². The minimum atomic E-state index is -0.433. The molecule has 134 valence electrons. The van der Waals surface area contributed by atoms with Crippen LogP contribution in [0.15, 0.2) is 50.4 Å². The molecule has 6 nitrogen and oxygen atoms in total. The van der Waals surface area contributed by atoms with Crippen molar-refractivity contribution in [3.63, 3.8) is 0 Å². The van der Waals surface area contributed by atoms with Gasteiger partial charge >= 0.3 is 5.91 Å². The minimum absolute atomic E-state index is 0.190. The van der Waals surface area contributed by atoms with Crippen molar-refractivity contribution in [2.24, 2.45) is 5.10 Å². The number of furan rings is 1. The summed E-state index contributed by atoms with van der Waals surface area (Å²) in [6.45, 7) is 0. The Hall–Kier alpha value is -2.07. The molecule has 0 aliphatic rings. The van der Waals surface area contributed by atoms with E-state index in [0.29, 0.717) is 22.6 Å². The number of carbonyl (C=O) groups is 1. The maximum Gasteiger partial charge on any atom is 0.307 e. The first-order valence-electron chi connectivity index (χ1n) is 7.46. The van der Waals surface area contributed by atoms with E-state index in [9.17, 15) is 4.79 Å². The van der Waals surface area contributed by atoms with Crippen LogP contribution in [0.1, 0.15) is 16.1 Å². The molecule has 0 radical (unpaired) electrons. The summed E-state index contributed by atoms with van der Waals surface area (Å²) >= 11 is 5.59. The van der Waals surface area contributed by atoms with E-state index in [4.69, 9.17) is 13.9 Å². The molecule has 8 heteroatoms. The van der Waals surface area contributed by atoms with Crippen LogP contribution >= 0.6 is 38.5 Å². The highest BCUT2D eigenvalue weighted by Gasteiger charge is 2.14. The molecule has 0 bridgehead atoms. The number of nitrogens with one attached hydrogen (secondary N) is 1. The van der Waals surface area contributed by atoms with Crippen LogP contribution in [0.3, 0.4) is 0 Å². The number of hydrogen-bond donors (Lipinski definition) is 1. The zero-order chi connectivity index (χ0) is 18.7. The third-order valence-corrected chi connectivity index (χ3v) is 4.83. The lowest BCUT2D eigenvalue weighted by atomic mass is 10.2. The Balaban J connectivity index is 1.77. The average Bonchev–Trinajstić information content (AvgIpc) is 3.06. The van der Waals surface area contributed by atoms with Crippen molar-refractivity contribution in [2.45, 2.75) is 0 Å². The van der Waals surface area contributed by atoms with Crippen LogP contribution < -0.4 is 14.9 Å². The highest BCUT2D eigenvalue weighted by Crippen LogP contribution is 2.28. The number of carbonyl (C=O) groups excluding carboxylic acids is 1. The summed E-state index contributed by atoms with van der Waals surface area (Å²) in [5.41, 5.74) is 3.83. The summed E-state index contributed by atoms with van der Waals surface area (Å²) in [5, 5.41) is 4.82. The van der Waals surface area contributed by atoms with E-state index in [0.717, 1.165) is 13.4 Å². The first-order chi connectivity index (χ1) is 12.5. The van der Waals surface area contributed by atoms with E-state index in [1.165, 1.54) is 6.21 Å². The fourth-order valence-electron chi connectivity index (χ4n) is 2.33. The van der Waals surface area contributed by atoms with E-state index >= 15 is 0 Å². The van der Waals surface area contributed by atoms with Crippen molar-refractivity contribution in [2.75, 3.05) is 14.2 Å². The molecule has 0 spiro atoms. The lowest BCUT2D eigenvalue weighted by Gasteiger charge is -2.06. The standard InChI is InChI=1S/C18H14BrIN2O4/c1-24-13-4-3-10(15(8-13)25-2)9-21-22-18(23)16-6-11-5-12(19)7-14(20)17(11)26-16/h3-9H,1-2H3,(H,22,23)/b21-9-. The van der Waals surface area contributed by atoms with E-state index in [-0.39, 0.29) is 5.76 Å². The first kappa shape index (κ1) is 18.7. The van der Waals surface area contributed by atoms with E-state index in [1.807, 2.05) is 12.1 Å². The molecule has 0 saturated heterocycles. The van der Waals surface area contributed by atoms with Gasteiger partial charge in [0.1, 0.15) is 17.1 Å². The zero-order valence-corrected chi connectivity index (χ0v) is 17.6. The lowest BCUT2D eigenvalue weighted by Crippen LogP contribution is -2.16. The van der Waals surface area contributed by atoms with Crippen molar-refractivity contribution in [1.29, 1.82) is 0 Å². The van der Waals surface area contributed by atoms with Gasteiger partial charge in [0, 0.05) is 21.5 Å². The molecule has 0 aliphatic carbocycles. The topological polar surface area (TPSA) is 73.1 Å². The number of rotatable bonds is 5. The largest absolute Gasteiger partial charge is 0.497 e. The van der Waals surface area contributed by atoms with Crippen molar-refractivity contribution < 1.29 is 18.7 Å². The van der Waals surface area contributed by atoms with Crippen molar-refractivity contribution in [1.82, 2.24) is 5.43 Å². The molecule has 26 heavy (non-hydrogen) atoms. The normalized spacial score (nSPS) is 11.1. The second-order valence-corrected chi connectivity index (χ2v) is 7.30. The van der Waals surface area contributed by atoms with Crippen molar-refractivity contribution >= 4 is 61.6 Å². The predicted molar refractivity (Wildman–Crippen MR) is 111 cm³/mol. The van der Waals surface area contributed by atoms with Crippen LogP contribution in [0.4, 0.5) is 0 Å². The smallest absolute Gasteiger partial charge is 0.307 e. The van der Waals surface area contributed by atoms with Crippen LogP contribution in [0.2, 0.25) is 0 Å². The fourth-order valence-corrected chi connectivity index (χ4v) is 3.99. The van der Waals surface area contributed by atoms with Crippen LogP contribution in [-0.4, -0.2) is 26.3 Å². The van der Waals surface area contributed by atoms with Crippen LogP contribution in [0.25, 0.3) is 11.0 Å². The molecule has 0 unspecified atom stereocenters. The van der Waals surface area contributed by atoms with Gasteiger partial charge in [-0.05, 0) is 52.9 Å². The SMILES string of the molecule is COc1ccc(/C=N\NC(=O)c2cc3cc(Br)cc(I)c3o2)c(OC)c1. The first-order valence-corrected chi connectivity index (χ1v) is 9.33. The second-order valence-electron chi connectivity index (χ2n) is 5.22. The molecule has 3 aromatic rings. The Bertz CT molecular complexity index is 1000. The highest BCUT2D eigenvalue weighted by atomic mass is 127. The van der Waals surface area contributed by atoms with Gasteiger partial charge in [0.25, 0.3) is 0 Å². The van der Waals surface area contributed by atoms with Gasteiger partial charge < -0.3 is 13.9 Å². The Labute approximate surface area is 171 Å². The summed E-state index contributed by atoms with van der Waals surface area (Å²) in [5.74, 6) is 1.02. The molecule has 1 N–H and O–H groups in total. The molecule has 2 aromatic carbocycles. The molecule has 0 saturated carbocycles. The number of nitrogens with zero attached hydrogens (tertiary/aromatic N) is 1. The Kier molecular flexibility index (Phi) is 5.82. The Morgan fingerprint density at radius 2 is 2.04 bits per heavy atom. The predicted octanol–water partition coefficient (Wildman–Crippen LogP) is 4.58. The molecule has 3 rings (SSSR count). The highest BCUT2D eigenvalue weighted by molar-refractivity contribution is 14.1. The number of halogens is 2. The van der Waals surface area contributed by atoms with Gasteiger partial charge in [-0.15, -0.1) is 0 Å². The van der Waals surface area contributed by atoms with Crippen molar-refractivity contribution in [3.8, 4) is 11.5 Å². The number of ether oxygens (including phenoxy) is 2. The summed E-state index contributed by atoms with van der Waals surface area (Å²) in [6.07, 6.45) is 1.50. The molecule has 1 heterocycles. The van der Waals surface area contributed by atoms with Gasteiger partial charge in [0.05, 0.1) is 24.0 Å². The summed E-state index contributed by atoms with van der Waals surface area (Å²) in [4.78, 5) is 12.3. The maximum atomic E-state index is 12.3. The molecular formula is C18H14BrIN2O4. The maximum absolute atomic E-state index is 12.3. The number of fused-ring (bicyclic) bond motifs is 1. The minimum Gasteiger partial charge on any atom is -0.497 e. The van der Waals surface area contributed by atoms with Gasteiger partial charge in [-0.3, -0.25) is 4.79 Å². The molecule has 1 amide bonds. The van der Waals surface area contributed by atoms with E-state index < -0.39 is 5.91 Å². The van der Waals surface area contributed by atoms with Gasteiger partial charge in [-0.1, -0.05) is 15.9 Å². The molecule has 0 atom stereocenters. The van der Waals surface area contributed by atoms with Gasteiger partial charge in [-0.25, -0.2) is 5.43 Å². The number of methoxy groups -OCH3 is 2. The Morgan fingerprint density at radius 1 is 1.23 bits per heavy atom. The zero-order valence-electron chi connectivity index (χ0n) is 13.9. The van der Waals surface area contributed by atoms with Gasteiger partial charge in [0.2, 0.25) is 0 Å².